The van der Waals surface area contributed by atoms with Gasteiger partial charge in [0.2, 0.25) is 0 Å². The summed E-state index contributed by atoms with van der Waals surface area (Å²) in [5, 5.41) is 14.4. The molecular formula is C47H79N7O5+4. The molecule has 0 spiro atoms. The number of esters is 1. The normalized spacial score (nSPS) is 37.3. The maximum absolute atomic E-state index is 15.2. The summed E-state index contributed by atoms with van der Waals surface area (Å²) in [5.74, 6) is 0.122. The Bertz CT molecular complexity index is 1670. The van der Waals surface area contributed by atoms with Gasteiger partial charge in [0.15, 0.2) is 17.2 Å². The van der Waals surface area contributed by atoms with Crippen LogP contribution in [0.3, 0.4) is 0 Å². The zero-order valence-corrected chi connectivity index (χ0v) is 37.2. The molecule has 12 heteroatoms. The highest BCUT2D eigenvalue weighted by atomic mass is 16.7. The van der Waals surface area contributed by atoms with E-state index >= 15 is 9.59 Å². The summed E-state index contributed by atoms with van der Waals surface area (Å²) in [6, 6.07) is 0.262. The zero-order chi connectivity index (χ0) is 42.0. The molecule has 0 aromatic rings. The van der Waals surface area contributed by atoms with E-state index in [0.29, 0.717) is 36.3 Å². The molecule has 3 saturated carbocycles. The van der Waals surface area contributed by atoms with Crippen molar-refractivity contribution in [2.75, 3.05) is 40.5 Å². The number of likely N-dealkylation sites (N-methyl/N-ethyl adjacent to an activating group) is 1. The molecule has 2 heterocycles. The van der Waals surface area contributed by atoms with E-state index < -0.39 is 29.0 Å². The fourth-order valence-electron chi connectivity index (χ4n) is 13.0. The van der Waals surface area contributed by atoms with Crippen molar-refractivity contribution in [2.45, 2.75) is 147 Å². The zero-order valence-electron chi connectivity index (χ0n) is 37.2. The average molecular weight is 822 g/mol. The summed E-state index contributed by atoms with van der Waals surface area (Å²) in [6.45, 7) is 11.8. The van der Waals surface area contributed by atoms with Crippen molar-refractivity contribution in [1.29, 1.82) is 0 Å². The Morgan fingerprint density at radius 1 is 1.12 bits per heavy atom. The van der Waals surface area contributed by atoms with Crippen molar-refractivity contribution < 1.29 is 44.8 Å². The van der Waals surface area contributed by atoms with Crippen molar-refractivity contribution in [1.82, 2.24) is 10.6 Å². The molecular weight excluding hydrogens is 743 g/mol. The second-order valence-electron chi connectivity index (χ2n) is 19.9. The topological polar surface area (TPSA) is 187 Å². The van der Waals surface area contributed by atoms with Crippen molar-refractivity contribution in [3.8, 4) is 0 Å². The van der Waals surface area contributed by atoms with Crippen LogP contribution < -0.4 is 37.3 Å². The fourth-order valence-corrected chi connectivity index (χ4v) is 13.0. The Balaban J connectivity index is 1.20. The average Bonchev–Trinajstić information content (AvgIpc) is 3.71. The van der Waals surface area contributed by atoms with Gasteiger partial charge in [-0.15, -0.1) is 0 Å². The molecule has 7 rings (SSSR count). The Hall–Kier alpha value is -2.90. The number of ketones is 2. The number of nitrogens with two attached hydrogens (primary N) is 4. The molecule has 12 nitrogen and oxygen atoms in total. The molecule has 59 heavy (non-hydrogen) atoms. The van der Waals surface area contributed by atoms with E-state index in [1.165, 1.54) is 11.1 Å². The number of rotatable bonds is 16. The van der Waals surface area contributed by atoms with Gasteiger partial charge in [-0.25, -0.2) is 10.1 Å². The summed E-state index contributed by atoms with van der Waals surface area (Å²) in [5.41, 5.74) is 5.51. The molecule has 7 aliphatic rings. The highest BCUT2D eigenvalue weighted by Crippen LogP contribution is 2.63. The number of quaternary nitrogens is 3. The van der Waals surface area contributed by atoms with E-state index in [-0.39, 0.29) is 53.9 Å². The summed E-state index contributed by atoms with van der Waals surface area (Å²) < 4.78 is 13.0. The van der Waals surface area contributed by atoms with E-state index in [1.807, 2.05) is 7.05 Å². The van der Waals surface area contributed by atoms with Crippen LogP contribution in [0, 0.1) is 46.8 Å². The predicted molar refractivity (Wildman–Crippen MR) is 227 cm³/mol. The smallest absolute Gasteiger partial charge is 0.350 e. The van der Waals surface area contributed by atoms with E-state index in [1.54, 1.807) is 0 Å². The minimum atomic E-state index is -1.89. The highest BCUT2D eigenvalue weighted by molar-refractivity contribution is 6.23. The van der Waals surface area contributed by atoms with Crippen molar-refractivity contribution in [3.05, 3.63) is 35.5 Å². The van der Waals surface area contributed by atoms with Gasteiger partial charge in [0.05, 0.1) is 33.2 Å². The van der Waals surface area contributed by atoms with Crippen molar-refractivity contribution in [3.63, 3.8) is 0 Å². The van der Waals surface area contributed by atoms with Crippen molar-refractivity contribution in [2.24, 2.45) is 52.6 Å². The molecule has 11 atom stereocenters. The molecule has 11 N–H and O–H groups in total. The van der Waals surface area contributed by atoms with Crippen LogP contribution in [0.5, 0.6) is 0 Å². The first-order valence-electron chi connectivity index (χ1n) is 23.7. The highest BCUT2D eigenvalue weighted by Gasteiger charge is 2.87. The minimum absolute atomic E-state index is 0.0552. The molecule has 0 bridgehead atoms. The lowest BCUT2D eigenvalue weighted by molar-refractivity contribution is -0.717. The molecule has 5 aliphatic carbocycles. The van der Waals surface area contributed by atoms with Gasteiger partial charge in [0.25, 0.3) is 5.60 Å². The third-order valence-electron chi connectivity index (χ3n) is 16.0. The number of ether oxygens (including phenoxy) is 2. The van der Waals surface area contributed by atoms with E-state index in [2.05, 4.69) is 90.6 Å². The number of fused-ring (bicyclic) bond motifs is 3. The Kier molecular flexibility index (Phi) is 13.9. The van der Waals surface area contributed by atoms with Crippen LogP contribution >= 0.6 is 0 Å². The fraction of sp³-hybridized carbons (Fsp3) is 0.787. The van der Waals surface area contributed by atoms with E-state index in [4.69, 9.17) is 15.2 Å². The minimum Gasteiger partial charge on any atom is -0.463 e. The van der Waals surface area contributed by atoms with Gasteiger partial charge in [-0.1, -0.05) is 56.9 Å². The number of hydrogen-bond donors (Lipinski definition) is 7. The Morgan fingerprint density at radius 2 is 1.92 bits per heavy atom. The van der Waals surface area contributed by atoms with Crippen LogP contribution in [-0.4, -0.2) is 93.4 Å². The largest absolute Gasteiger partial charge is 0.463 e. The molecule has 5 unspecified atom stereocenters. The molecule has 0 aromatic carbocycles. The predicted octanol–water partition coefficient (Wildman–Crippen LogP) is 0.0521. The van der Waals surface area contributed by atoms with Gasteiger partial charge in [-0.3, -0.25) is 25.6 Å². The Morgan fingerprint density at radius 3 is 2.64 bits per heavy atom. The second kappa shape index (κ2) is 18.6. The van der Waals surface area contributed by atoms with Crippen LogP contribution in [0.25, 0.3) is 0 Å². The first kappa shape index (κ1) is 44.2. The SMILES string of the molecule is CC[NH2+][C@H]1C=C2C=CCC[C@H]2C[C@@H]1COC(=O)[C@]12O[C@@]1(CC=C(C)C1([C@@H](NC(N)=[NH+]C)C3CC[NH2+]C(NC[NH2+]C)C3)CCCC1)C(=O)C1CCCC(CC(C)C)C1C2=O. The maximum atomic E-state index is 15.2. The number of carbonyl (C=O) groups is 3. The third kappa shape index (κ3) is 8.39. The van der Waals surface area contributed by atoms with Crippen LogP contribution in [0.1, 0.15) is 118 Å². The van der Waals surface area contributed by atoms with Crippen LogP contribution in [0.2, 0.25) is 0 Å². The number of nitrogens with one attached hydrogen (secondary N) is 3. The lowest BCUT2D eigenvalue weighted by Gasteiger charge is -2.44. The number of piperidine rings is 1. The molecule has 2 saturated heterocycles. The number of guanidine groups is 1. The lowest BCUT2D eigenvalue weighted by atomic mass is 9.56. The van der Waals surface area contributed by atoms with Gasteiger partial charge >= 0.3 is 11.9 Å². The van der Waals surface area contributed by atoms with E-state index in [0.717, 1.165) is 96.8 Å². The third-order valence-corrected chi connectivity index (χ3v) is 16.0. The lowest BCUT2D eigenvalue weighted by Crippen LogP contribution is -2.98. The number of hydrogen-bond acceptors (Lipinski definition) is 6. The quantitative estimate of drug-likeness (QED) is 0.0217. The number of epoxide rings is 1. The first-order chi connectivity index (χ1) is 28.4. The number of Topliss-reactive ketones (excluding diaryl/α,β-unsaturated/α-hetero) is 2. The number of allylic oxidation sites excluding steroid dienone is 3. The molecule has 328 valence electrons. The van der Waals surface area contributed by atoms with Crippen LogP contribution in [0.15, 0.2) is 35.5 Å². The Labute approximate surface area is 353 Å². The van der Waals surface area contributed by atoms with Gasteiger partial charge in [-0.05, 0) is 94.6 Å². The molecule has 0 aromatic heterocycles. The second-order valence-corrected chi connectivity index (χ2v) is 19.9. The summed E-state index contributed by atoms with van der Waals surface area (Å²) in [7, 11) is 3.94. The summed E-state index contributed by atoms with van der Waals surface area (Å²) >= 11 is 0. The van der Waals surface area contributed by atoms with Gasteiger partial charge in [-0.2, -0.15) is 0 Å². The molecule has 0 radical (unpaired) electrons. The maximum Gasteiger partial charge on any atom is 0.350 e. The monoisotopic (exact) mass is 822 g/mol. The molecule has 5 fully saturated rings. The summed E-state index contributed by atoms with van der Waals surface area (Å²) in [6.07, 6.45) is 22.3. The molecule has 0 amide bonds. The summed E-state index contributed by atoms with van der Waals surface area (Å²) in [4.78, 5) is 48.3. The number of carbonyl (C=O) groups excluding carboxylic acids is 3. The first-order valence-corrected chi connectivity index (χ1v) is 23.7. The van der Waals surface area contributed by atoms with Gasteiger partial charge in [0.1, 0.15) is 25.5 Å². The van der Waals surface area contributed by atoms with Crippen molar-refractivity contribution >= 4 is 23.5 Å². The van der Waals surface area contributed by atoms with Crippen LogP contribution in [-0.2, 0) is 23.9 Å². The molecule has 2 aliphatic heterocycles. The van der Waals surface area contributed by atoms with Gasteiger partial charge in [0, 0.05) is 48.3 Å². The van der Waals surface area contributed by atoms with E-state index in [9.17, 15) is 4.79 Å². The standard InChI is InChI=1S/C47H75N7O5/c1-7-51-37-25-32-14-9-8-13-31(32)24-35(37)27-58-43(57)47-42(56)39-33(23-29(2)3)15-12-16-36(39)41(55)46(47,59-47)21-17-30(4)45(19-10-11-20-45)40(54-44(48)50-6)34-18-22-52-38(26-34)53-28-49-5/h9,14,17,25,29,31,33-40,49,51-53H,7-8,10-13,15-16,18-24,26-28H2,1-6H3,(H3,48,50,54)/p+4/t31-,33?,34?,35+,36?,37-,38?,39?,40-,46-,47-/m0/s1. The van der Waals surface area contributed by atoms with Gasteiger partial charge < -0.3 is 25.4 Å². The van der Waals surface area contributed by atoms with Crippen LogP contribution in [0.4, 0.5) is 0 Å².